The minimum Gasteiger partial charge on any atom is -0.543 e. The first-order chi connectivity index (χ1) is 21.9. The van der Waals surface area contributed by atoms with Gasteiger partial charge in [0.05, 0.1) is 18.8 Å². The van der Waals surface area contributed by atoms with E-state index in [1.54, 1.807) is 0 Å². The molecule has 47 heavy (non-hydrogen) atoms. The van der Waals surface area contributed by atoms with E-state index >= 15 is 0 Å². The molecule has 3 rings (SSSR count). The fraction of sp³-hybridized carbons (Fsp3) is 0.675. The fourth-order valence-electron chi connectivity index (χ4n) is 5.73. The minimum absolute atomic E-state index is 0.0342. The van der Waals surface area contributed by atoms with Crippen molar-refractivity contribution in [1.82, 2.24) is 0 Å². The summed E-state index contributed by atoms with van der Waals surface area (Å²) in [5.41, 5.74) is 1.95. The molecule has 0 unspecified atom stereocenters. The zero-order valence-electron chi connectivity index (χ0n) is 31.7. The van der Waals surface area contributed by atoms with E-state index < -0.39 is 16.6 Å². The summed E-state index contributed by atoms with van der Waals surface area (Å²) in [6.07, 6.45) is 11.9. The molecule has 1 aliphatic carbocycles. The van der Waals surface area contributed by atoms with Gasteiger partial charge in [-0.15, -0.1) is 0 Å². The van der Waals surface area contributed by atoms with Crippen molar-refractivity contribution in [3.63, 3.8) is 0 Å². The van der Waals surface area contributed by atoms with Crippen molar-refractivity contribution in [2.24, 2.45) is 5.92 Å². The van der Waals surface area contributed by atoms with Crippen LogP contribution in [0.4, 0.5) is 0 Å². The highest BCUT2D eigenvalue weighted by atomic mass is 28.4. The zero-order chi connectivity index (χ0) is 34.9. The van der Waals surface area contributed by atoms with E-state index in [1.165, 1.54) is 44.1 Å². The van der Waals surface area contributed by atoms with Gasteiger partial charge in [0.2, 0.25) is 16.6 Å². The lowest BCUT2D eigenvalue weighted by molar-refractivity contribution is 0.0496. The summed E-state index contributed by atoms with van der Waals surface area (Å²) in [5, 5.41) is 0.0685. The van der Waals surface area contributed by atoms with E-state index in [0.29, 0.717) is 36.2 Å². The molecule has 0 N–H and O–H groups in total. The molecule has 5 nitrogen and oxygen atoms in total. The van der Waals surface area contributed by atoms with Crippen molar-refractivity contribution in [3.8, 4) is 17.2 Å². The number of carbonyl (C=O) groups excluding carboxylic acids is 1. The Morgan fingerprint density at radius 2 is 1.21 bits per heavy atom. The molecule has 1 aliphatic rings. The average molecular weight is 683 g/mol. The van der Waals surface area contributed by atoms with Gasteiger partial charge in [0.25, 0.3) is 0 Å². The van der Waals surface area contributed by atoms with E-state index in [4.69, 9.17) is 18.3 Å². The Morgan fingerprint density at radius 1 is 0.702 bits per heavy atom. The van der Waals surface area contributed by atoms with Gasteiger partial charge in [0.1, 0.15) is 17.2 Å². The monoisotopic (exact) mass is 682 g/mol. The molecule has 0 atom stereocenters. The third kappa shape index (κ3) is 12.0. The third-order valence-corrected chi connectivity index (χ3v) is 19.6. The first kappa shape index (κ1) is 39.2. The van der Waals surface area contributed by atoms with Gasteiger partial charge in [-0.2, -0.15) is 0 Å². The number of hydrogen-bond donors (Lipinski definition) is 0. The number of benzene rings is 2. The lowest BCUT2D eigenvalue weighted by Gasteiger charge is -2.38. The van der Waals surface area contributed by atoms with E-state index in [0.717, 1.165) is 37.4 Å². The predicted octanol–water partition coefficient (Wildman–Crippen LogP) is 12.3. The second-order valence-electron chi connectivity index (χ2n) is 16.9. The van der Waals surface area contributed by atoms with Crippen molar-refractivity contribution >= 4 is 22.6 Å². The molecule has 1 saturated carbocycles. The second-order valence-corrected chi connectivity index (χ2v) is 26.3. The highest BCUT2D eigenvalue weighted by Crippen LogP contribution is 2.41. The summed E-state index contributed by atoms with van der Waals surface area (Å²) in [5.74, 6) is 3.65. The maximum absolute atomic E-state index is 13.2. The summed E-state index contributed by atoms with van der Waals surface area (Å²) in [4.78, 5) is 13.2. The molecule has 0 radical (unpaired) electrons. The van der Waals surface area contributed by atoms with Gasteiger partial charge in [-0.1, -0.05) is 73.4 Å². The standard InChI is InChI=1S/C40H66O5Si2/c1-12-17-31-18-20-32(21-19-31)33-22-24-35(25-23-33)42-26-15-13-14-16-27-43-38(41)34-28-36(44-46(8,9)39(2,3)4)30-37(29-34)45-47(10,11)40(5,6)7/h22-25,28-32H,12-21,26-27H2,1-11H3/t31-,32-. The van der Waals surface area contributed by atoms with Crippen LogP contribution in [0.2, 0.25) is 36.3 Å². The van der Waals surface area contributed by atoms with Crippen molar-refractivity contribution in [3.05, 3.63) is 53.6 Å². The Hall–Kier alpha value is -2.26. The number of rotatable bonds is 16. The van der Waals surface area contributed by atoms with Crippen LogP contribution < -0.4 is 13.6 Å². The van der Waals surface area contributed by atoms with Gasteiger partial charge in [-0.3, -0.25) is 0 Å². The average Bonchev–Trinajstić information content (AvgIpc) is 2.97. The Kier molecular flexibility index (Phi) is 14.1. The first-order valence-electron chi connectivity index (χ1n) is 18.3. The molecule has 0 amide bonds. The molecule has 1 fully saturated rings. The van der Waals surface area contributed by atoms with Gasteiger partial charge in [-0.25, -0.2) is 4.79 Å². The quantitative estimate of drug-likeness (QED) is 0.100. The van der Waals surface area contributed by atoms with Crippen LogP contribution in [0.5, 0.6) is 17.2 Å². The molecule has 0 aromatic heterocycles. The predicted molar refractivity (Wildman–Crippen MR) is 202 cm³/mol. The van der Waals surface area contributed by atoms with Crippen molar-refractivity contribution in [1.29, 1.82) is 0 Å². The van der Waals surface area contributed by atoms with Crippen LogP contribution in [0.25, 0.3) is 0 Å². The van der Waals surface area contributed by atoms with Crippen LogP contribution in [0, 0.1) is 5.92 Å². The van der Waals surface area contributed by atoms with Crippen LogP contribution >= 0.6 is 0 Å². The number of ether oxygens (including phenoxy) is 2. The zero-order valence-corrected chi connectivity index (χ0v) is 33.7. The lowest BCUT2D eigenvalue weighted by Crippen LogP contribution is -2.44. The third-order valence-electron chi connectivity index (χ3n) is 10.9. The summed E-state index contributed by atoms with van der Waals surface area (Å²) in [7, 11) is -4.22. The molecule has 0 spiro atoms. The van der Waals surface area contributed by atoms with Crippen molar-refractivity contribution < 1.29 is 23.1 Å². The number of unbranched alkanes of at least 4 members (excludes halogenated alkanes) is 3. The largest absolute Gasteiger partial charge is 0.543 e. The minimum atomic E-state index is -2.11. The Labute approximate surface area is 289 Å². The fourth-order valence-corrected chi connectivity index (χ4v) is 7.75. The maximum atomic E-state index is 13.2. The number of hydrogen-bond acceptors (Lipinski definition) is 5. The van der Waals surface area contributed by atoms with Crippen molar-refractivity contribution in [2.45, 2.75) is 155 Å². The SMILES string of the molecule is CCC[C@H]1CC[C@H](c2ccc(OCCCCCCOC(=O)c3cc(O[Si](C)(C)C(C)(C)C)cc(O[Si](C)(C)C(C)(C)C)c3)cc2)CC1. The Bertz CT molecular complexity index is 1200. The van der Waals surface area contributed by atoms with E-state index in [1.807, 2.05) is 18.2 Å². The van der Waals surface area contributed by atoms with Crippen LogP contribution in [0.15, 0.2) is 42.5 Å². The first-order valence-corrected chi connectivity index (χ1v) is 24.2. The van der Waals surface area contributed by atoms with Gasteiger partial charge in [-0.05, 0) is 129 Å². The second kappa shape index (κ2) is 16.9. The molecular weight excluding hydrogens is 617 g/mol. The van der Waals surface area contributed by atoms with E-state index in [2.05, 4.69) is 98.9 Å². The molecule has 7 heteroatoms. The van der Waals surface area contributed by atoms with Crippen LogP contribution in [-0.2, 0) is 4.74 Å². The van der Waals surface area contributed by atoms with Crippen molar-refractivity contribution in [2.75, 3.05) is 13.2 Å². The van der Waals surface area contributed by atoms with Gasteiger partial charge in [0, 0.05) is 6.07 Å². The normalized spacial score (nSPS) is 17.7. The topological polar surface area (TPSA) is 54.0 Å². The highest BCUT2D eigenvalue weighted by Gasteiger charge is 2.41. The van der Waals surface area contributed by atoms with Gasteiger partial charge in [0.15, 0.2) is 0 Å². The molecule has 0 bridgehead atoms. The molecule has 0 aliphatic heterocycles. The van der Waals surface area contributed by atoms with Crippen LogP contribution in [0.3, 0.4) is 0 Å². The van der Waals surface area contributed by atoms with E-state index in [-0.39, 0.29) is 16.0 Å². The van der Waals surface area contributed by atoms with Gasteiger partial charge >= 0.3 is 5.97 Å². The lowest BCUT2D eigenvalue weighted by atomic mass is 9.77. The highest BCUT2D eigenvalue weighted by molar-refractivity contribution is 6.75. The number of esters is 1. The van der Waals surface area contributed by atoms with Gasteiger partial charge < -0.3 is 18.3 Å². The summed E-state index contributed by atoms with van der Waals surface area (Å²) < 4.78 is 25.0. The maximum Gasteiger partial charge on any atom is 0.338 e. The Balaban J connectivity index is 1.44. The molecular formula is C40H66O5Si2. The number of carbonyl (C=O) groups is 1. The molecule has 2 aromatic carbocycles. The Morgan fingerprint density at radius 3 is 1.70 bits per heavy atom. The molecule has 0 saturated heterocycles. The van der Waals surface area contributed by atoms with Crippen LogP contribution in [-0.4, -0.2) is 35.8 Å². The summed E-state index contributed by atoms with van der Waals surface area (Å²) >= 11 is 0. The van der Waals surface area contributed by atoms with E-state index in [9.17, 15) is 4.79 Å². The summed E-state index contributed by atoms with van der Waals surface area (Å²) in [6, 6.07) is 14.4. The smallest absolute Gasteiger partial charge is 0.338 e. The molecule has 0 heterocycles. The molecule has 2 aromatic rings. The molecule has 264 valence electrons. The summed E-state index contributed by atoms with van der Waals surface area (Å²) in [6.45, 7) is 25.6. The van der Waals surface area contributed by atoms with Crippen LogP contribution in [0.1, 0.15) is 135 Å².